The van der Waals surface area contributed by atoms with Gasteiger partial charge in [-0.2, -0.15) is 5.26 Å². The molecule has 2 nitrogen and oxygen atoms in total. The molecule has 0 saturated carbocycles. The molecule has 0 spiro atoms. The Bertz CT molecular complexity index is 258. The first kappa shape index (κ1) is 7.62. The van der Waals surface area contributed by atoms with E-state index < -0.39 is 0 Å². The van der Waals surface area contributed by atoms with Crippen LogP contribution >= 0.6 is 0 Å². The van der Waals surface area contributed by atoms with Crippen molar-refractivity contribution in [2.45, 2.75) is 6.92 Å². The number of aryl methyl sites for hydroxylation is 1. The zero-order valence-electron chi connectivity index (χ0n) is 6.37. The minimum atomic E-state index is 0.114. The average Bonchev–Trinajstić information content (AvgIpc) is 2.04. The van der Waals surface area contributed by atoms with Crippen LogP contribution in [0, 0.1) is 18.3 Å². The maximum Gasteiger partial charge on any atom is 0.174 e. The van der Waals surface area contributed by atoms with E-state index in [1.54, 1.807) is 0 Å². The summed E-state index contributed by atoms with van der Waals surface area (Å²) in [5, 5.41) is 8.21. The predicted octanol–water partition coefficient (Wildman–Crippen LogP) is 1.90. The summed E-state index contributed by atoms with van der Waals surface area (Å²) in [5.41, 5.74) is 1.19. The molecule has 1 rings (SSSR count). The van der Waals surface area contributed by atoms with Crippen molar-refractivity contribution in [2.75, 3.05) is 6.61 Å². The van der Waals surface area contributed by atoms with Gasteiger partial charge < -0.3 is 4.74 Å². The molecule has 1 aromatic rings. The fourth-order valence-electron chi connectivity index (χ4n) is 0.750. The third kappa shape index (κ3) is 2.30. The van der Waals surface area contributed by atoms with E-state index >= 15 is 0 Å². The van der Waals surface area contributed by atoms with E-state index in [4.69, 9.17) is 10.00 Å². The lowest BCUT2D eigenvalue weighted by molar-refractivity contribution is 0.368. The predicted molar refractivity (Wildman–Crippen MR) is 42.3 cm³/mol. The van der Waals surface area contributed by atoms with Gasteiger partial charge >= 0.3 is 0 Å². The standard InChI is InChI=1S/C9H9NO/c1-8-2-4-9(5-3-8)11-7-6-10/h2-5H,7H2,1H3. The fourth-order valence-corrected chi connectivity index (χ4v) is 0.750. The molecule has 0 aliphatic heterocycles. The van der Waals surface area contributed by atoms with Crippen molar-refractivity contribution in [3.05, 3.63) is 29.8 Å². The van der Waals surface area contributed by atoms with E-state index in [-0.39, 0.29) is 6.61 Å². The van der Waals surface area contributed by atoms with Crippen molar-refractivity contribution in [2.24, 2.45) is 0 Å². The van der Waals surface area contributed by atoms with Crippen LogP contribution in [0.25, 0.3) is 0 Å². The van der Waals surface area contributed by atoms with Crippen molar-refractivity contribution in [3.8, 4) is 11.8 Å². The van der Waals surface area contributed by atoms with Gasteiger partial charge in [0.25, 0.3) is 0 Å². The largest absolute Gasteiger partial charge is 0.479 e. The lowest BCUT2D eigenvalue weighted by Crippen LogP contribution is -1.92. The summed E-state index contributed by atoms with van der Waals surface area (Å²) in [6.07, 6.45) is 0. The van der Waals surface area contributed by atoms with Gasteiger partial charge in [0.2, 0.25) is 0 Å². The monoisotopic (exact) mass is 147 g/mol. The quantitative estimate of drug-likeness (QED) is 0.640. The third-order valence-electron chi connectivity index (χ3n) is 1.32. The molecule has 0 fully saturated rings. The summed E-state index contributed by atoms with van der Waals surface area (Å²) in [6.45, 7) is 2.12. The number of benzene rings is 1. The highest BCUT2D eigenvalue weighted by Gasteiger charge is 1.89. The van der Waals surface area contributed by atoms with Gasteiger partial charge in [-0.15, -0.1) is 0 Å². The molecular formula is C9H9NO. The van der Waals surface area contributed by atoms with Gasteiger partial charge in [0, 0.05) is 0 Å². The molecule has 0 heterocycles. The molecule has 0 aromatic heterocycles. The maximum atomic E-state index is 8.21. The highest BCUT2D eigenvalue weighted by atomic mass is 16.5. The Labute approximate surface area is 66.0 Å². The Balaban J connectivity index is 2.60. The normalized spacial score (nSPS) is 8.73. The van der Waals surface area contributed by atoms with Crippen molar-refractivity contribution in [1.82, 2.24) is 0 Å². The Hall–Kier alpha value is -1.49. The van der Waals surface area contributed by atoms with Crippen LogP contribution in [0.15, 0.2) is 24.3 Å². The lowest BCUT2D eigenvalue weighted by atomic mass is 10.2. The smallest absolute Gasteiger partial charge is 0.174 e. The summed E-state index contributed by atoms with van der Waals surface area (Å²) in [5.74, 6) is 0.747. The molecule has 11 heavy (non-hydrogen) atoms. The molecule has 0 amide bonds. The van der Waals surface area contributed by atoms with Crippen LogP contribution in [0.3, 0.4) is 0 Å². The van der Waals surface area contributed by atoms with Gasteiger partial charge in [-0.05, 0) is 19.1 Å². The van der Waals surface area contributed by atoms with Gasteiger partial charge in [-0.3, -0.25) is 0 Å². The molecule has 0 aliphatic rings. The van der Waals surface area contributed by atoms with E-state index in [1.165, 1.54) is 5.56 Å². The van der Waals surface area contributed by atoms with Gasteiger partial charge in [0.05, 0.1) is 0 Å². The maximum absolute atomic E-state index is 8.21. The van der Waals surface area contributed by atoms with Crippen LogP contribution in [0.1, 0.15) is 5.56 Å². The van der Waals surface area contributed by atoms with Gasteiger partial charge in [-0.25, -0.2) is 0 Å². The molecule has 0 aliphatic carbocycles. The topological polar surface area (TPSA) is 33.0 Å². The lowest BCUT2D eigenvalue weighted by Gasteiger charge is -1.99. The van der Waals surface area contributed by atoms with Crippen LogP contribution in [-0.4, -0.2) is 6.61 Å². The molecular weight excluding hydrogens is 138 g/mol. The van der Waals surface area contributed by atoms with Crippen molar-refractivity contribution >= 4 is 0 Å². The van der Waals surface area contributed by atoms with Crippen LogP contribution in [0.4, 0.5) is 0 Å². The number of hydrogen-bond acceptors (Lipinski definition) is 2. The Kier molecular flexibility index (Phi) is 2.51. The second-order valence-electron chi connectivity index (χ2n) is 2.26. The fraction of sp³-hybridized carbons (Fsp3) is 0.222. The van der Waals surface area contributed by atoms with Crippen molar-refractivity contribution < 1.29 is 4.74 Å². The van der Waals surface area contributed by atoms with Crippen LogP contribution < -0.4 is 4.74 Å². The number of hydrogen-bond donors (Lipinski definition) is 0. The zero-order chi connectivity index (χ0) is 8.10. The van der Waals surface area contributed by atoms with Crippen molar-refractivity contribution in [1.29, 1.82) is 5.26 Å². The summed E-state index contributed by atoms with van der Waals surface area (Å²) in [4.78, 5) is 0. The number of nitriles is 1. The zero-order valence-corrected chi connectivity index (χ0v) is 6.37. The molecule has 0 radical (unpaired) electrons. The second-order valence-corrected chi connectivity index (χ2v) is 2.26. The van der Waals surface area contributed by atoms with Crippen molar-refractivity contribution in [3.63, 3.8) is 0 Å². The van der Waals surface area contributed by atoms with Gasteiger partial charge in [0.15, 0.2) is 6.61 Å². The number of nitrogens with zero attached hydrogens (tertiary/aromatic N) is 1. The Morgan fingerprint density at radius 3 is 2.55 bits per heavy atom. The van der Waals surface area contributed by atoms with Crippen LogP contribution in [0.5, 0.6) is 5.75 Å². The van der Waals surface area contributed by atoms with Crippen LogP contribution in [0.2, 0.25) is 0 Å². The molecule has 0 atom stereocenters. The molecule has 2 heteroatoms. The minimum Gasteiger partial charge on any atom is -0.479 e. The van der Waals surface area contributed by atoms with E-state index in [2.05, 4.69) is 0 Å². The second kappa shape index (κ2) is 3.62. The first-order valence-corrected chi connectivity index (χ1v) is 3.39. The third-order valence-corrected chi connectivity index (χ3v) is 1.32. The molecule has 0 bridgehead atoms. The van der Waals surface area contributed by atoms with E-state index in [0.717, 1.165) is 5.75 Å². The Morgan fingerprint density at radius 1 is 1.36 bits per heavy atom. The molecule has 0 unspecified atom stereocenters. The van der Waals surface area contributed by atoms with E-state index in [9.17, 15) is 0 Å². The number of rotatable bonds is 2. The highest BCUT2D eigenvalue weighted by molar-refractivity contribution is 5.26. The highest BCUT2D eigenvalue weighted by Crippen LogP contribution is 2.10. The summed E-state index contributed by atoms with van der Waals surface area (Å²) in [6, 6.07) is 9.52. The van der Waals surface area contributed by atoms with E-state index in [1.807, 2.05) is 37.3 Å². The average molecular weight is 147 g/mol. The first-order chi connectivity index (χ1) is 5.33. The summed E-state index contributed by atoms with van der Waals surface area (Å²) in [7, 11) is 0. The SMILES string of the molecule is Cc1ccc(OCC#N)cc1. The molecule has 0 saturated heterocycles. The number of ether oxygens (including phenoxy) is 1. The minimum absolute atomic E-state index is 0.114. The molecule has 56 valence electrons. The molecule has 0 N–H and O–H groups in total. The van der Waals surface area contributed by atoms with E-state index in [0.29, 0.717) is 0 Å². The Morgan fingerprint density at radius 2 is 2.00 bits per heavy atom. The van der Waals surface area contributed by atoms with Gasteiger partial charge in [-0.1, -0.05) is 17.7 Å². The van der Waals surface area contributed by atoms with Crippen LogP contribution in [-0.2, 0) is 0 Å². The first-order valence-electron chi connectivity index (χ1n) is 3.39. The molecule has 1 aromatic carbocycles. The summed E-state index contributed by atoms with van der Waals surface area (Å²) >= 11 is 0. The summed E-state index contributed by atoms with van der Waals surface area (Å²) < 4.78 is 5.05. The van der Waals surface area contributed by atoms with Gasteiger partial charge in [0.1, 0.15) is 11.8 Å².